The van der Waals surface area contributed by atoms with Crippen LogP contribution in [0.1, 0.15) is 20.3 Å². The van der Waals surface area contributed by atoms with Gasteiger partial charge in [-0.15, -0.1) is 0 Å². The van der Waals surface area contributed by atoms with E-state index >= 15 is 0 Å². The van der Waals surface area contributed by atoms with Crippen LogP contribution in [-0.2, 0) is 0 Å². The minimum atomic E-state index is -0.233. The van der Waals surface area contributed by atoms with Crippen LogP contribution in [0.15, 0.2) is 18.2 Å². The van der Waals surface area contributed by atoms with Gasteiger partial charge in [-0.05, 0) is 32.4 Å². The Hall–Kier alpha value is -1.29. The van der Waals surface area contributed by atoms with Crippen LogP contribution in [0.5, 0.6) is 5.75 Å². The SMILES string of the molecule is COc1ccc(F)cc1N(C)C1CNC(C)(C)C1. The minimum Gasteiger partial charge on any atom is -0.495 e. The van der Waals surface area contributed by atoms with Gasteiger partial charge in [0, 0.05) is 31.2 Å². The summed E-state index contributed by atoms with van der Waals surface area (Å²) in [4.78, 5) is 2.10. The Morgan fingerprint density at radius 3 is 2.72 bits per heavy atom. The van der Waals surface area contributed by atoms with E-state index in [0.29, 0.717) is 11.8 Å². The monoisotopic (exact) mass is 252 g/mol. The fourth-order valence-electron chi connectivity index (χ4n) is 2.54. The summed E-state index contributed by atoms with van der Waals surface area (Å²) in [5.41, 5.74) is 0.946. The zero-order valence-electron chi connectivity index (χ0n) is 11.5. The molecule has 1 aliphatic rings. The summed E-state index contributed by atoms with van der Waals surface area (Å²) in [7, 11) is 3.60. The van der Waals surface area contributed by atoms with E-state index in [-0.39, 0.29) is 11.4 Å². The summed E-state index contributed by atoms with van der Waals surface area (Å²) in [6, 6.07) is 4.99. The van der Waals surface area contributed by atoms with E-state index in [1.807, 2.05) is 7.05 Å². The lowest BCUT2D eigenvalue weighted by atomic mass is 10.0. The molecular weight excluding hydrogens is 231 g/mol. The maximum absolute atomic E-state index is 13.4. The molecule has 1 heterocycles. The van der Waals surface area contributed by atoms with Crippen molar-refractivity contribution < 1.29 is 9.13 Å². The summed E-state index contributed by atoms with van der Waals surface area (Å²) in [6.45, 7) is 5.27. The first kappa shape index (κ1) is 13.1. The lowest BCUT2D eigenvalue weighted by Crippen LogP contribution is -2.33. The van der Waals surface area contributed by atoms with Crippen LogP contribution in [0, 0.1) is 5.82 Å². The summed E-state index contributed by atoms with van der Waals surface area (Å²) in [6.07, 6.45) is 1.03. The van der Waals surface area contributed by atoms with Crippen molar-refractivity contribution in [3.63, 3.8) is 0 Å². The molecule has 0 bridgehead atoms. The minimum absolute atomic E-state index is 0.138. The van der Waals surface area contributed by atoms with Gasteiger partial charge in [-0.3, -0.25) is 0 Å². The van der Waals surface area contributed by atoms with Crippen molar-refractivity contribution in [2.45, 2.75) is 31.8 Å². The van der Waals surface area contributed by atoms with Crippen LogP contribution in [0.3, 0.4) is 0 Å². The second-order valence-electron chi connectivity index (χ2n) is 5.55. The van der Waals surface area contributed by atoms with Crippen molar-refractivity contribution in [3.8, 4) is 5.75 Å². The molecule has 1 atom stereocenters. The fraction of sp³-hybridized carbons (Fsp3) is 0.571. The highest BCUT2D eigenvalue weighted by Crippen LogP contribution is 2.32. The van der Waals surface area contributed by atoms with E-state index in [4.69, 9.17) is 4.74 Å². The van der Waals surface area contributed by atoms with Crippen molar-refractivity contribution in [3.05, 3.63) is 24.0 Å². The number of halogens is 1. The van der Waals surface area contributed by atoms with Gasteiger partial charge in [0.25, 0.3) is 0 Å². The number of hydrogen-bond acceptors (Lipinski definition) is 3. The van der Waals surface area contributed by atoms with Crippen LogP contribution in [0.25, 0.3) is 0 Å². The predicted octanol–water partition coefficient (Wildman–Crippen LogP) is 2.41. The number of anilines is 1. The Kier molecular flexibility index (Phi) is 3.48. The van der Waals surface area contributed by atoms with E-state index < -0.39 is 0 Å². The maximum Gasteiger partial charge on any atom is 0.142 e. The highest BCUT2D eigenvalue weighted by atomic mass is 19.1. The first-order valence-electron chi connectivity index (χ1n) is 6.24. The van der Waals surface area contributed by atoms with Gasteiger partial charge in [0.2, 0.25) is 0 Å². The first-order valence-corrected chi connectivity index (χ1v) is 6.24. The van der Waals surface area contributed by atoms with Crippen LogP contribution in [0.2, 0.25) is 0 Å². The van der Waals surface area contributed by atoms with Gasteiger partial charge in [0.1, 0.15) is 11.6 Å². The molecule has 100 valence electrons. The second-order valence-corrected chi connectivity index (χ2v) is 5.55. The van der Waals surface area contributed by atoms with Crippen LogP contribution in [0.4, 0.5) is 10.1 Å². The quantitative estimate of drug-likeness (QED) is 0.894. The molecule has 0 radical (unpaired) electrons. The molecule has 0 spiro atoms. The van der Waals surface area contributed by atoms with Gasteiger partial charge in [0.05, 0.1) is 12.8 Å². The Morgan fingerprint density at radius 1 is 1.44 bits per heavy atom. The Bertz CT molecular complexity index is 434. The molecule has 1 aliphatic heterocycles. The smallest absolute Gasteiger partial charge is 0.142 e. The zero-order valence-corrected chi connectivity index (χ0v) is 11.5. The first-order chi connectivity index (χ1) is 8.43. The van der Waals surface area contributed by atoms with E-state index in [1.165, 1.54) is 12.1 Å². The maximum atomic E-state index is 13.4. The summed E-state index contributed by atoms with van der Waals surface area (Å²) in [5.74, 6) is 0.478. The van der Waals surface area contributed by atoms with Crippen molar-refractivity contribution in [2.75, 3.05) is 25.6 Å². The largest absolute Gasteiger partial charge is 0.495 e. The van der Waals surface area contributed by atoms with Crippen LogP contribution in [-0.4, -0.2) is 32.3 Å². The van der Waals surface area contributed by atoms with Crippen molar-refractivity contribution in [2.24, 2.45) is 0 Å². The third-order valence-corrected chi connectivity index (χ3v) is 3.63. The van der Waals surface area contributed by atoms with Gasteiger partial charge in [-0.1, -0.05) is 0 Å². The average Bonchev–Trinajstić information content (AvgIpc) is 2.68. The molecule has 0 aliphatic carbocycles. The Balaban J connectivity index is 2.23. The van der Waals surface area contributed by atoms with Crippen molar-refractivity contribution in [1.82, 2.24) is 5.32 Å². The Labute approximate surface area is 108 Å². The van der Waals surface area contributed by atoms with E-state index in [9.17, 15) is 4.39 Å². The van der Waals surface area contributed by atoms with Crippen molar-refractivity contribution in [1.29, 1.82) is 0 Å². The third kappa shape index (κ3) is 2.58. The topological polar surface area (TPSA) is 24.5 Å². The third-order valence-electron chi connectivity index (χ3n) is 3.63. The van der Waals surface area contributed by atoms with Gasteiger partial charge in [-0.2, -0.15) is 0 Å². The zero-order chi connectivity index (χ0) is 13.3. The Morgan fingerprint density at radius 2 is 2.17 bits per heavy atom. The van der Waals surface area contributed by atoms with Crippen molar-refractivity contribution >= 4 is 5.69 Å². The molecule has 1 aromatic rings. The van der Waals surface area contributed by atoms with Gasteiger partial charge in [0.15, 0.2) is 0 Å². The summed E-state index contributed by atoms with van der Waals surface area (Å²) in [5, 5.41) is 3.47. The molecule has 18 heavy (non-hydrogen) atoms. The number of nitrogens with one attached hydrogen (secondary N) is 1. The molecule has 2 rings (SSSR count). The standard InChI is InChI=1S/C14H21FN2O/c1-14(2)8-11(9-16-14)17(3)12-7-10(15)5-6-13(12)18-4/h5-7,11,16H,8-9H2,1-4H3. The predicted molar refractivity (Wildman–Crippen MR) is 71.8 cm³/mol. The molecule has 0 amide bonds. The van der Waals surface area contributed by atoms with Gasteiger partial charge >= 0.3 is 0 Å². The highest BCUT2D eigenvalue weighted by Gasteiger charge is 2.33. The number of rotatable bonds is 3. The number of nitrogens with zero attached hydrogens (tertiary/aromatic N) is 1. The van der Waals surface area contributed by atoms with Gasteiger partial charge < -0.3 is 15.0 Å². The summed E-state index contributed by atoms with van der Waals surface area (Å²) >= 11 is 0. The molecule has 4 heteroatoms. The molecule has 0 aromatic heterocycles. The fourth-order valence-corrected chi connectivity index (χ4v) is 2.54. The molecular formula is C14H21FN2O. The average molecular weight is 252 g/mol. The lowest BCUT2D eigenvalue weighted by Gasteiger charge is -2.28. The number of likely N-dealkylation sites (N-methyl/N-ethyl adjacent to an activating group) is 1. The lowest BCUT2D eigenvalue weighted by molar-refractivity contribution is 0.411. The number of hydrogen-bond donors (Lipinski definition) is 1. The van der Waals surface area contributed by atoms with Gasteiger partial charge in [-0.25, -0.2) is 4.39 Å². The summed E-state index contributed by atoms with van der Waals surface area (Å²) < 4.78 is 18.7. The molecule has 1 saturated heterocycles. The van der Waals surface area contributed by atoms with E-state index in [2.05, 4.69) is 24.1 Å². The van der Waals surface area contributed by atoms with Crippen LogP contribution < -0.4 is 15.0 Å². The number of methoxy groups -OCH3 is 1. The highest BCUT2D eigenvalue weighted by molar-refractivity contribution is 5.59. The molecule has 3 nitrogen and oxygen atoms in total. The van der Waals surface area contributed by atoms with Crippen LogP contribution >= 0.6 is 0 Å². The molecule has 1 N–H and O–H groups in total. The second kappa shape index (κ2) is 4.76. The number of benzene rings is 1. The normalized spacial score (nSPS) is 21.9. The van der Waals surface area contributed by atoms with E-state index in [0.717, 1.165) is 18.7 Å². The van der Waals surface area contributed by atoms with E-state index in [1.54, 1.807) is 13.2 Å². The molecule has 1 unspecified atom stereocenters. The molecule has 0 saturated carbocycles. The molecule has 1 fully saturated rings. The molecule has 1 aromatic carbocycles. The number of ether oxygens (including phenoxy) is 1.